The minimum Gasteiger partial charge on any atom is -0.488 e. The quantitative estimate of drug-likeness (QED) is 0.758. The van der Waals surface area contributed by atoms with Gasteiger partial charge in [0.1, 0.15) is 17.9 Å². The molecule has 1 aliphatic heterocycles. The maximum atomic E-state index is 9.33. The van der Waals surface area contributed by atoms with Crippen LogP contribution in [-0.2, 0) is 5.41 Å². The fraction of sp³-hybridized carbons (Fsp3) is 0.389. The standard InChI is InChI=1S/C18H17N3O/c1-17(2)15(20-4)18(3)11-7-8-21-14-10(9-19)5-6-12(13(11)14)22-16(17)18/h5-8,15-16H,4H2,1-3H3/t15?,16-,18?/m0/s1. The Morgan fingerprint density at radius 2 is 2.09 bits per heavy atom. The molecular formula is C18H17N3O. The van der Waals surface area contributed by atoms with Gasteiger partial charge in [-0.25, -0.2) is 0 Å². The van der Waals surface area contributed by atoms with Crippen LogP contribution < -0.4 is 4.74 Å². The van der Waals surface area contributed by atoms with Crippen molar-refractivity contribution in [3.05, 3.63) is 35.5 Å². The van der Waals surface area contributed by atoms with E-state index >= 15 is 0 Å². The van der Waals surface area contributed by atoms with E-state index < -0.39 is 0 Å². The third kappa shape index (κ3) is 1.24. The number of fused-ring (bicyclic) bond motifs is 2. The van der Waals surface area contributed by atoms with Gasteiger partial charge in [0.25, 0.3) is 0 Å². The Morgan fingerprint density at radius 1 is 1.32 bits per heavy atom. The number of aliphatic imine (C=N–C) groups is 1. The molecule has 0 amide bonds. The molecule has 4 nitrogen and oxygen atoms in total. The Bertz CT molecular complexity index is 864. The van der Waals surface area contributed by atoms with Gasteiger partial charge >= 0.3 is 0 Å². The van der Waals surface area contributed by atoms with Crippen LogP contribution >= 0.6 is 0 Å². The topological polar surface area (TPSA) is 58.3 Å². The molecule has 0 saturated heterocycles. The van der Waals surface area contributed by atoms with E-state index in [1.165, 1.54) is 0 Å². The molecule has 1 saturated carbocycles. The van der Waals surface area contributed by atoms with Crippen LogP contribution in [0.15, 0.2) is 29.4 Å². The monoisotopic (exact) mass is 291 g/mol. The smallest absolute Gasteiger partial charge is 0.129 e. The van der Waals surface area contributed by atoms with Crippen LogP contribution in [-0.4, -0.2) is 23.8 Å². The molecule has 3 atom stereocenters. The van der Waals surface area contributed by atoms with Crippen LogP contribution in [0.4, 0.5) is 0 Å². The first kappa shape index (κ1) is 13.3. The summed E-state index contributed by atoms with van der Waals surface area (Å²) in [7, 11) is 0. The molecular weight excluding hydrogens is 274 g/mol. The Morgan fingerprint density at radius 3 is 2.77 bits per heavy atom. The maximum absolute atomic E-state index is 9.33. The fourth-order valence-corrected chi connectivity index (χ4v) is 4.72. The maximum Gasteiger partial charge on any atom is 0.129 e. The predicted molar refractivity (Wildman–Crippen MR) is 85.3 cm³/mol. The molecule has 0 bridgehead atoms. The Labute approximate surface area is 129 Å². The second-order valence-electron chi connectivity index (χ2n) is 6.99. The van der Waals surface area contributed by atoms with Gasteiger partial charge in [0.2, 0.25) is 0 Å². The van der Waals surface area contributed by atoms with Crippen LogP contribution in [0, 0.1) is 16.7 Å². The van der Waals surface area contributed by atoms with Crippen molar-refractivity contribution in [3.63, 3.8) is 0 Å². The average molecular weight is 291 g/mol. The molecule has 1 aromatic heterocycles. The van der Waals surface area contributed by atoms with E-state index in [-0.39, 0.29) is 23.0 Å². The van der Waals surface area contributed by atoms with Crippen molar-refractivity contribution in [1.29, 1.82) is 5.26 Å². The zero-order valence-corrected chi connectivity index (χ0v) is 12.9. The Balaban J connectivity index is 2.08. The van der Waals surface area contributed by atoms with E-state index in [0.717, 1.165) is 16.7 Å². The summed E-state index contributed by atoms with van der Waals surface area (Å²) in [5.41, 5.74) is 2.15. The summed E-state index contributed by atoms with van der Waals surface area (Å²) >= 11 is 0. The summed E-state index contributed by atoms with van der Waals surface area (Å²) < 4.78 is 6.32. The van der Waals surface area contributed by atoms with Crippen molar-refractivity contribution in [2.24, 2.45) is 10.4 Å². The normalized spacial score (nSPS) is 30.6. The largest absolute Gasteiger partial charge is 0.488 e. The van der Waals surface area contributed by atoms with Crippen molar-refractivity contribution in [3.8, 4) is 11.8 Å². The molecule has 1 aromatic carbocycles. The minimum absolute atomic E-state index is 0.0431. The minimum atomic E-state index is -0.229. The number of ether oxygens (including phenoxy) is 1. The second-order valence-corrected chi connectivity index (χ2v) is 6.99. The highest BCUT2D eigenvalue weighted by Gasteiger charge is 2.68. The summed E-state index contributed by atoms with van der Waals surface area (Å²) in [5.74, 6) is 0.815. The van der Waals surface area contributed by atoms with Crippen LogP contribution in [0.25, 0.3) is 10.9 Å². The van der Waals surface area contributed by atoms with E-state index in [9.17, 15) is 5.26 Å². The number of pyridine rings is 1. The van der Waals surface area contributed by atoms with Crippen molar-refractivity contribution in [1.82, 2.24) is 4.98 Å². The van der Waals surface area contributed by atoms with Gasteiger partial charge in [-0.05, 0) is 37.4 Å². The molecule has 1 fully saturated rings. The van der Waals surface area contributed by atoms with E-state index in [0.29, 0.717) is 11.1 Å². The van der Waals surface area contributed by atoms with Gasteiger partial charge in [0, 0.05) is 17.0 Å². The molecule has 0 spiro atoms. The van der Waals surface area contributed by atoms with E-state index in [4.69, 9.17) is 4.74 Å². The average Bonchev–Trinajstić information content (AvgIpc) is 2.50. The highest BCUT2D eigenvalue weighted by Crippen LogP contribution is 2.62. The first-order valence-corrected chi connectivity index (χ1v) is 7.41. The molecule has 4 heteroatoms. The summed E-state index contributed by atoms with van der Waals surface area (Å²) in [6.45, 7) is 10.3. The van der Waals surface area contributed by atoms with Gasteiger partial charge in [-0.2, -0.15) is 5.26 Å². The lowest BCUT2D eigenvalue weighted by atomic mass is 9.45. The van der Waals surface area contributed by atoms with Gasteiger partial charge in [-0.15, -0.1) is 0 Å². The lowest BCUT2D eigenvalue weighted by molar-refractivity contribution is -0.120. The number of nitriles is 1. The molecule has 2 unspecified atom stereocenters. The second kappa shape index (κ2) is 3.86. The highest BCUT2D eigenvalue weighted by atomic mass is 16.5. The van der Waals surface area contributed by atoms with E-state index in [1.807, 2.05) is 12.1 Å². The van der Waals surface area contributed by atoms with Crippen molar-refractivity contribution >= 4 is 17.6 Å². The molecule has 2 aliphatic rings. The zero-order chi connectivity index (χ0) is 15.7. The Hall–Kier alpha value is -2.41. The summed E-state index contributed by atoms with van der Waals surface area (Å²) in [5, 5.41) is 10.3. The van der Waals surface area contributed by atoms with Crippen LogP contribution in [0.2, 0.25) is 0 Å². The van der Waals surface area contributed by atoms with Crippen molar-refractivity contribution in [2.75, 3.05) is 0 Å². The van der Waals surface area contributed by atoms with Crippen LogP contribution in [0.5, 0.6) is 5.75 Å². The first-order chi connectivity index (χ1) is 10.5. The molecule has 4 rings (SSSR count). The molecule has 2 heterocycles. The molecule has 2 aromatic rings. The lowest BCUT2D eigenvalue weighted by Crippen LogP contribution is -2.73. The number of nitrogens with zero attached hydrogens (tertiary/aromatic N) is 3. The Kier molecular flexibility index (Phi) is 2.33. The first-order valence-electron chi connectivity index (χ1n) is 7.41. The third-order valence-corrected chi connectivity index (χ3v) is 5.48. The van der Waals surface area contributed by atoms with Gasteiger partial charge in [0.05, 0.1) is 22.5 Å². The fourth-order valence-electron chi connectivity index (χ4n) is 4.72. The zero-order valence-electron chi connectivity index (χ0n) is 12.9. The SMILES string of the molecule is C=NC1C(C)(C)[C@@H]2Oc3ccc(C#N)c4nccc(c34)C12C. The number of benzene rings is 1. The van der Waals surface area contributed by atoms with E-state index in [2.05, 4.69) is 43.5 Å². The highest BCUT2D eigenvalue weighted by molar-refractivity contribution is 5.94. The van der Waals surface area contributed by atoms with Gasteiger partial charge in [-0.3, -0.25) is 9.98 Å². The number of hydrogen-bond acceptors (Lipinski definition) is 4. The number of rotatable bonds is 1. The van der Waals surface area contributed by atoms with Crippen molar-refractivity contribution < 1.29 is 4.74 Å². The molecule has 0 N–H and O–H groups in total. The van der Waals surface area contributed by atoms with Crippen LogP contribution in [0.1, 0.15) is 31.9 Å². The third-order valence-electron chi connectivity index (χ3n) is 5.48. The molecule has 22 heavy (non-hydrogen) atoms. The molecule has 1 aliphatic carbocycles. The summed E-state index contributed by atoms with van der Waals surface area (Å²) in [6, 6.07) is 8.00. The van der Waals surface area contributed by atoms with Gasteiger partial charge in [0.15, 0.2) is 0 Å². The number of aromatic nitrogens is 1. The number of hydrogen-bond donors (Lipinski definition) is 0. The van der Waals surface area contributed by atoms with Crippen LogP contribution in [0.3, 0.4) is 0 Å². The van der Waals surface area contributed by atoms with Gasteiger partial charge in [-0.1, -0.05) is 13.8 Å². The lowest BCUT2D eigenvalue weighted by Gasteiger charge is -2.64. The predicted octanol–water partition coefficient (Wildman–Crippen LogP) is 3.23. The molecule has 110 valence electrons. The molecule has 0 radical (unpaired) electrons. The van der Waals surface area contributed by atoms with E-state index in [1.54, 1.807) is 12.3 Å². The van der Waals surface area contributed by atoms with Crippen molar-refractivity contribution in [2.45, 2.75) is 38.3 Å². The van der Waals surface area contributed by atoms with Gasteiger partial charge < -0.3 is 4.74 Å². The summed E-state index contributed by atoms with van der Waals surface area (Å²) in [4.78, 5) is 8.80. The summed E-state index contributed by atoms with van der Waals surface area (Å²) in [6.07, 6.45) is 1.82.